The van der Waals surface area contributed by atoms with Gasteiger partial charge < -0.3 is 15.8 Å². The Balaban J connectivity index is 2.30. The van der Waals surface area contributed by atoms with Crippen molar-refractivity contribution in [3.63, 3.8) is 0 Å². The van der Waals surface area contributed by atoms with Crippen LogP contribution < -0.4 is 5.73 Å². The molecule has 0 atom stereocenters. The number of nitrogens with zero attached hydrogens (tertiary/aromatic N) is 2. The van der Waals surface area contributed by atoms with Gasteiger partial charge in [-0.3, -0.25) is 0 Å². The highest BCUT2D eigenvalue weighted by Gasteiger charge is 2.19. The van der Waals surface area contributed by atoms with Crippen LogP contribution in [0.5, 0.6) is 5.75 Å². The summed E-state index contributed by atoms with van der Waals surface area (Å²) in [4.78, 5) is 11.3. The van der Waals surface area contributed by atoms with Gasteiger partial charge in [-0.05, 0) is 18.2 Å². The van der Waals surface area contributed by atoms with E-state index in [9.17, 15) is 5.11 Å². The van der Waals surface area contributed by atoms with Gasteiger partial charge in [0.1, 0.15) is 17.4 Å². The number of fused-ring (bicyclic) bond motifs is 1. The van der Waals surface area contributed by atoms with Gasteiger partial charge in [0.05, 0.1) is 26.1 Å². The molecule has 0 aliphatic heterocycles. The molecule has 0 bridgehead atoms. The molecule has 3 aromatic rings. The minimum Gasteiger partial charge on any atom is -0.506 e. The van der Waals surface area contributed by atoms with Crippen LogP contribution in [0.4, 0.5) is 5.82 Å². The molecule has 8 heteroatoms. The van der Waals surface area contributed by atoms with E-state index in [1.807, 2.05) is 0 Å². The zero-order valence-corrected chi connectivity index (χ0v) is 12.1. The predicted molar refractivity (Wildman–Crippen MR) is 80.4 cm³/mol. The number of aromatic hydroxyl groups is 1. The maximum absolute atomic E-state index is 10.1. The van der Waals surface area contributed by atoms with Crippen molar-refractivity contribution in [2.24, 2.45) is 0 Å². The van der Waals surface area contributed by atoms with Crippen LogP contribution in [0.3, 0.4) is 0 Å². The van der Waals surface area contributed by atoms with Gasteiger partial charge in [0.25, 0.3) is 0 Å². The van der Waals surface area contributed by atoms with Crippen molar-refractivity contribution in [2.75, 3.05) is 5.73 Å². The molecule has 0 saturated heterocycles. The fourth-order valence-electron chi connectivity index (χ4n) is 1.83. The number of aromatic amines is 1. The fraction of sp³-hybridized carbons (Fsp3) is 0. The summed E-state index contributed by atoms with van der Waals surface area (Å²) in [5, 5.41) is 10.5. The first-order chi connectivity index (χ1) is 9.47. The van der Waals surface area contributed by atoms with Gasteiger partial charge >= 0.3 is 0 Å². The zero-order chi connectivity index (χ0) is 14.4. The second kappa shape index (κ2) is 4.70. The molecule has 5 nitrogen and oxygen atoms in total. The molecule has 0 spiro atoms. The molecule has 0 fully saturated rings. The predicted octanol–water partition coefficient (Wildman–Crippen LogP) is 3.87. The average molecular weight is 330 g/mol. The Morgan fingerprint density at radius 2 is 1.85 bits per heavy atom. The Kier molecular flexibility index (Phi) is 3.12. The number of nitrogen functional groups attached to an aromatic ring is 1. The number of nitrogens with two attached hydrogens (primary N) is 1. The Morgan fingerprint density at radius 3 is 2.60 bits per heavy atom. The Hall–Kier alpha value is -1.69. The molecular weight excluding hydrogens is 323 g/mol. The number of phenolic OH excluding ortho intramolecular Hbond substituents is 1. The first-order valence-electron chi connectivity index (χ1n) is 5.46. The lowest BCUT2D eigenvalue weighted by molar-refractivity contribution is 0.477. The maximum Gasteiger partial charge on any atom is 0.180 e. The maximum atomic E-state index is 10.1. The average Bonchev–Trinajstić information content (AvgIpc) is 2.79. The number of anilines is 1. The topological polar surface area (TPSA) is 87.8 Å². The molecule has 2 heterocycles. The summed E-state index contributed by atoms with van der Waals surface area (Å²) in [7, 11) is 0. The molecule has 0 unspecified atom stereocenters. The van der Waals surface area contributed by atoms with E-state index in [1.54, 1.807) is 12.1 Å². The van der Waals surface area contributed by atoms with Crippen molar-refractivity contribution in [3.05, 3.63) is 33.3 Å². The van der Waals surface area contributed by atoms with Crippen molar-refractivity contribution in [1.29, 1.82) is 0 Å². The quantitative estimate of drug-likeness (QED) is 0.591. The smallest absolute Gasteiger partial charge is 0.180 e. The highest BCUT2D eigenvalue weighted by atomic mass is 35.5. The van der Waals surface area contributed by atoms with E-state index in [1.165, 1.54) is 6.07 Å². The van der Waals surface area contributed by atoms with E-state index in [0.29, 0.717) is 22.8 Å². The lowest BCUT2D eigenvalue weighted by atomic mass is 10.2. The van der Waals surface area contributed by atoms with Crippen molar-refractivity contribution in [3.8, 4) is 17.1 Å². The molecule has 1 aromatic carbocycles. The molecular formula is C12H7Cl3N4O. The molecule has 0 amide bonds. The van der Waals surface area contributed by atoms with Crippen LogP contribution in [0, 0.1) is 0 Å². The van der Waals surface area contributed by atoms with Crippen molar-refractivity contribution >= 4 is 51.8 Å². The first kappa shape index (κ1) is 13.3. The number of aromatic nitrogens is 3. The Labute approximate surface area is 128 Å². The molecule has 20 heavy (non-hydrogen) atoms. The third-order valence-electron chi connectivity index (χ3n) is 2.75. The largest absolute Gasteiger partial charge is 0.506 e. The lowest BCUT2D eigenvalue weighted by Gasteiger charge is -2.07. The minimum absolute atomic E-state index is 0.0855. The summed E-state index contributed by atoms with van der Waals surface area (Å²) < 4.78 is 0. The van der Waals surface area contributed by atoms with Crippen LogP contribution in [0.1, 0.15) is 0 Å². The normalized spacial score (nSPS) is 11.2. The lowest BCUT2D eigenvalue weighted by Crippen LogP contribution is -1.88. The van der Waals surface area contributed by atoms with Crippen LogP contribution in [0.15, 0.2) is 18.2 Å². The second-order valence-electron chi connectivity index (χ2n) is 4.07. The van der Waals surface area contributed by atoms with Gasteiger partial charge in [-0.25, -0.2) is 9.97 Å². The SMILES string of the molecule is Nc1ccc2[nH]c(-c3c(O)c(Cl)cc(Cl)c3Cl)nc2n1. The number of hydrogen-bond acceptors (Lipinski definition) is 4. The van der Waals surface area contributed by atoms with E-state index in [2.05, 4.69) is 15.0 Å². The molecule has 0 aliphatic rings. The number of nitrogens with one attached hydrogen (secondary N) is 1. The van der Waals surface area contributed by atoms with Gasteiger partial charge in [-0.15, -0.1) is 0 Å². The number of H-pyrrole nitrogens is 1. The van der Waals surface area contributed by atoms with Crippen LogP contribution >= 0.6 is 34.8 Å². The number of rotatable bonds is 1. The third-order valence-corrected chi connectivity index (χ3v) is 3.83. The molecule has 4 N–H and O–H groups in total. The number of benzene rings is 1. The highest BCUT2D eigenvalue weighted by molar-refractivity contribution is 6.45. The number of pyridine rings is 1. The number of imidazole rings is 1. The van der Waals surface area contributed by atoms with E-state index in [-0.39, 0.29) is 26.4 Å². The monoisotopic (exact) mass is 328 g/mol. The van der Waals surface area contributed by atoms with Gasteiger partial charge in [-0.2, -0.15) is 0 Å². The Bertz CT molecular complexity index is 805. The summed E-state index contributed by atoms with van der Waals surface area (Å²) in [5.74, 6) is 0.452. The van der Waals surface area contributed by atoms with E-state index >= 15 is 0 Å². The summed E-state index contributed by atoms with van der Waals surface area (Å²) in [5.41, 5.74) is 6.88. The number of halogens is 3. The summed E-state index contributed by atoms with van der Waals surface area (Å²) in [6.07, 6.45) is 0. The summed E-state index contributed by atoms with van der Waals surface area (Å²) in [6.45, 7) is 0. The van der Waals surface area contributed by atoms with E-state index in [4.69, 9.17) is 40.5 Å². The zero-order valence-electron chi connectivity index (χ0n) is 9.78. The van der Waals surface area contributed by atoms with Gasteiger partial charge in [-0.1, -0.05) is 34.8 Å². The standard InChI is InChI=1S/C12H7Cl3N4O/c13-4-3-5(14)10(20)8(9(4)15)12-17-6-1-2-7(16)18-11(6)19-12/h1-3,20H,(H3,16,17,18,19). The molecule has 102 valence electrons. The molecule has 0 radical (unpaired) electrons. The molecule has 2 aromatic heterocycles. The first-order valence-corrected chi connectivity index (χ1v) is 6.60. The van der Waals surface area contributed by atoms with Gasteiger partial charge in [0.15, 0.2) is 5.65 Å². The van der Waals surface area contributed by atoms with Crippen molar-refractivity contribution < 1.29 is 5.11 Å². The van der Waals surface area contributed by atoms with Crippen LogP contribution in [0.25, 0.3) is 22.6 Å². The Morgan fingerprint density at radius 1 is 1.10 bits per heavy atom. The number of hydrogen-bond donors (Lipinski definition) is 3. The van der Waals surface area contributed by atoms with Gasteiger partial charge in [0.2, 0.25) is 0 Å². The van der Waals surface area contributed by atoms with Gasteiger partial charge in [0, 0.05) is 0 Å². The second-order valence-corrected chi connectivity index (χ2v) is 5.26. The van der Waals surface area contributed by atoms with E-state index in [0.717, 1.165) is 0 Å². The third kappa shape index (κ3) is 2.04. The summed E-state index contributed by atoms with van der Waals surface area (Å²) >= 11 is 18.0. The minimum atomic E-state index is -0.201. The molecule has 0 saturated carbocycles. The van der Waals surface area contributed by atoms with Crippen molar-refractivity contribution in [1.82, 2.24) is 15.0 Å². The number of phenols is 1. The van der Waals surface area contributed by atoms with Crippen LogP contribution in [-0.4, -0.2) is 20.1 Å². The molecule has 0 aliphatic carbocycles. The van der Waals surface area contributed by atoms with Crippen LogP contribution in [-0.2, 0) is 0 Å². The van der Waals surface area contributed by atoms with E-state index < -0.39 is 0 Å². The fourth-order valence-corrected chi connectivity index (χ4v) is 2.52. The van der Waals surface area contributed by atoms with Crippen molar-refractivity contribution in [2.45, 2.75) is 0 Å². The highest BCUT2D eigenvalue weighted by Crippen LogP contribution is 2.43. The molecule has 3 rings (SSSR count). The van der Waals surface area contributed by atoms with Crippen LogP contribution in [0.2, 0.25) is 15.1 Å². The summed E-state index contributed by atoms with van der Waals surface area (Å²) in [6, 6.07) is 4.73.